The van der Waals surface area contributed by atoms with Crippen LogP contribution in [0.15, 0.2) is 36.4 Å². The van der Waals surface area contributed by atoms with Gasteiger partial charge in [-0.2, -0.15) is 0 Å². The topological polar surface area (TPSA) is 87.7 Å². The fourth-order valence-electron chi connectivity index (χ4n) is 2.06. The van der Waals surface area contributed by atoms with Crippen molar-refractivity contribution in [2.45, 2.75) is 26.4 Å². The zero-order chi connectivity index (χ0) is 18.4. The molecule has 7 heteroatoms. The van der Waals surface area contributed by atoms with Crippen LogP contribution in [0.5, 0.6) is 0 Å². The van der Waals surface area contributed by atoms with E-state index in [1.54, 1.807) is 26.8 Å². The highest BCUT2D eigenvalue weighted by Crippen LogP contribution is 2.35. The summed E-state index contributed by atoms with van der Waals surface area (Å²) in [5.41, 5.74) is 0.646. The van der Waals surface area contributed by atoms with Gasteiger partial charge in [0.1, 0.15) is 10.6 Å². The normalized spacial score (nSPS) is 11.0. The Morgan fingerprint density at radius 3 is 2.48 bits per heavy atom. The van der Waals surface area contributed by atoms with E-state index in [2.05, 4.69) is 10.6 Å². The van der Waals surface area contributed by atoms with E-state index >= 15 is 0 Å². The van der Waals surface area contributed by atoms with Crippen molar-refractivity contribution in [2.75, 3.05) is 18.5 Å². The zero-order valence-electron chi connectivity index (χ0n) is 14.5. The number of nitrogens with one attached hydrogen (secondary N) is 2. The maximum Gasteiger partial charge on any atom is 0.412 e. The molecule has 0 aliphatic carbocycles. The Morgan fingerprint density at radius 1 is 1.20 bits per heavy atom. The summed E-state index contributed by atoms with van der Waals surface area (Å²) in [7, 11) is 0. The molecule has 0 aliphatic heterocycles. The quantitative estimate of drug-likeness (QED) is 0.760. The Balaban J connectivity index is 2.30. The Kier molecular flexibility index (Phi) is 6.17. The predicted octanol–water partition coefficient (Wildman–Crippen LogP) is 3.48. The van der Waals surface area contributed by atoms with E-state index in [-0.39, 0.29) is 19.1 Å². The van der Waals surface area contributed by atoms with Crippen molar-refractivity contribution in [1.82, 2.24) is 5.32 Å². The summed E-state index contributed by atoms with van der Waals surface area (Å²) in [4.78, 5) is 25.2. The molecule has 0 aliphatic rings. The molecule has 1 aromatic carbocycles. The zero-order valence-corrected chi connectivity index (χ0v) is 15.3. The second-order valence-electron chi connectivity index (χ2n) is 6.33. The fourth-order valence-corrected chi connectivity index (χ4v) is 3.10. The second kappa shape index (κ2) is 8.13. The standard InChI is InChI=1S/C18H22N2O4S/c1-18(2,3)24-17(23)20-16-13(15(22)19-9-10-21)11-14(25-16)12-7-5-4-6-8-12/h4-8,11,21H,9-10H2,1-3H3,(H,19,22)(H,20,23). The van der Waals surface area contributed by atoms with Gasteiger partial charge < -0.3 is 15.2 Å². The Morgan fingerprint density at radius 2 is 1.88 bits per heavy atom. The van der Waals surface area contributed by atoms with E-state index < -0.39 is 11.7 Å². The van der Waals surface area contributed by atoms with Crippen LogP contribution in [-0.4, -0.2) is 35.9 Å². The van der Waals surface area contributed by atoms with Gasteiger partial charge in [0.15, 0.2) is 0 Å². The van der Waals surface area contributed by atoms with E-state index in [1.165, 1.54) is 11.3 Å². The number of ether oxygens (including phenoxy) is 1. The van der Waals surface area contributed by atoms with Gasteiger partial charge in [0, 0.05) is 11.4 Å². The number of aliphatic hydroxyl groups is 1. The van der Waals surface area contributed by atoms with Gasteiger partial charge in [0.2, 0.25) is 0 Å². The molecule has 0 unspecified atom stereocenters. The van der Waals surface area contributed by atoms with Crippen LogP contribution < -0.4 is 10.6 Å². The number of aliphatic hydroxyl groups excluding tert-OH is 1. The number of thiophene rings is 1. The minimum Gasteiger partial charge on any atom is -0.444 e. The molecular formula is C18H22N2O4S. The van der Waals surface area contributed by atoms with Crippen molar-refractivity contribution in [1.29, 1.82) is 0 Å². The molecule has 1 heterocycles. The summed E-state index contributed by atoms with van der Waals surface area (Å²) in [6.07, 6.45) is -0.620. The monoisotopic (exact) mass is 362 g/mol. The van der Waals surface area contributed by atoms with E-state index in [1.807, 2.05) is 30.3 Å². The van der Waals surface area contributed by atoms with Gasteiger partial charge in [-0.15, -0.1) is 11.3 Å². The van der Waals surface area contributed by atoms with Gasteiger partial charge in [-0.1, -0.05) is 30.3 Å². The molecule has 0 saturated heterocycles. The minimum atomic E-state index is -0.636. The Labute approximate surface area is 150 Å². The Hall–Kier alpha value is -2.38. The third-order valence-corrected chi connectivity index (χ3v) is 4.15. The predicted molar refractivity (Wildman–Crippen MR) is 99.0 cm³/mol. The maximum absolute atomic E-state index is 12.3. The summed E-state index contributed by atoms with van der Waals surface area (Å²) in [5.74, 6) is -0.362. The maximum atomic E-state index is 12.3. The molecule has 1 aromatic heterocycles. The van der Waals surface area contributed by atoms with Gasteiger partial charge in [-0.25, -0.2) is 4.79 Å². The van der Waals surface area contributed by atoms with Gasteiger partial charge in [-0.05, 0) is 32.4 Å². The highest BCUT2D eigenvalue weighted by Gasteiger charge is 2.21. The van der Waals surface area contributed by atoms with Gasteiger partial charge >= 0.3 is 6.09 Å². The van der Waals surface area contributed by atoms with Gasteiger partial charge in [-0.3, -0.25) is 10.1 Å². The minimum absolute atomic E-state index is 0.140. The lowest BCUT2D eigenvalue weighted by atomic mass is 10.1. The average Bonchev–Trinajstić information content (AvgIpc) is 2.95. The first-order valence-corrected chi connectivity index (χ1v) is 8.70. The van der Waals surface area contributed by atoms with Crippen molar-refractivity contribution in [3.63, 3.8) is 0 Å². The first kappa shape index (κ1) is 19.0. The molecule has 0 fully saturated rings. The molecule has 2 rings (SSSR count). The van der Waals surface area contributed by atoms with E-state index in [9.17, 15) is 9.59 Å². The summed E-state index contributed by atoms with van der Waals surface area (Å²) in [6, 6.07) is 11.3. The number of amides is 2. The SMILES string of the molecule is CC(C)(C)OC(=O)Nc1sc(-c2ccccc2)cc1C(=O)NCCO. The summed E-state index contributed by atoms with van der Waals surface area (Å²) in [5, 5.41) is 14.5. The molecular weight excluding hydrogens is 340 g/mol. The molecule has 0 radical (unpaired) electrons. The molecule has 2 amide bonds. The number of carbonyl (C=O) groups is 2. The van der Waals surface area contributed by atoms with Crippen molar-refractivity contribution < 1.29 is 19.4 Å². The van der Waals surface area contributed by atoms with E-state index in [4.69, 9.17) is 9.84 Å². The summed E-state index contributed by atoms with van der Waals surface area (Å²) in [6.45, 7) is 5.29. The van der Waals surface area contributed by atoms with E-state index in [0.29, 0.717) is 10.6 Å². The lowest BCUT2D eigenvalue weighted by Crippen LogP contribution is -2.29. The highest BCUT2D eigenvalue weighted by molar-refractivity contribution is 7.20. The fraction of sp³-hybridized carbons (Fsp3) is 0.333. The van der Waals surface area contributed by atoms with Crippen LogP contribution in [0.25, 0.3) is 10.4 Å². The largest absolute Gasteiger partial charge is 0.444 e. The molecule has 0 bridgehead atoms. The number of hydrogen-bond acceptors (Lipinski definition) is 5. The van der Waals surface area contributed by atoms with Crippen LogP contribution in [0.3, 0.4) is 0 Å². The number of hydrogen-bond donors (Lipinski definition) is 3. The van der Waals surface area contributed by atoms with Crippen molar-refractivity contribution in [2.24, 2.45) is 0 Å². The number of carbonyl (C=O) groups excluding carboxylic acids is 2. The van der Waals surface area contributed by atoms with Crippen molar-refractivity contribution >= 4 is 28.3 Å². The van der Waals surface area contributed by atoms with Crippen LogP contribution in [0.2, 0.25) is 0 Å². The van der Waals surface area contributed by atoms with Crippen LogP contribution in [0.4, 0.5) is 9.80 Å². The number of rotatable bonds is 5. The molecule has 0 spiro atoms. The molecule has 0 saturated carbocycles. The third-order valence-electron chi connectivity index (χ3n) is 3.05. The summed E-state index contributed by atoms with van der Waals surface area (Å²) < 4.78 is 5.26. The first-order valence-electron chi connectivity index (χ1n) is 7.88. The molecule has 0 atom stereocenters. The molecule has 6 nitrogen and oxygen atoms in total. The summed E-state index contributed by atoms with van der Waals surface area (Å²) >= 11 is 1.29. The average molecular weight is 362 g/mol. The first-order chi connectivity index (χ1) is 11.8. The smallest absolute Gasteiger partial charge is 0.412 e. The van der Waals surface area contributed by atoms with Crippen LogP contribution in [0, 0.1) is 0 Å². The van der Waals surface area contributed by atoms with Gasteiger partial charge in [0.05, 0.1) is 12.2 Å². The van der Waals surface area contributed by atoms with Crippen molar-refractivity contribution in [3.8, 4) is 10.4 Å². The second-order valence-corrected chi connectivity index (χ2v) is 7.38. The molecule has 25 heavy (non-hydrogen) atoms. The van der Waals surface area contributed by atoms with Crippen LogP contribution in [0.1, 0.15) is 31.1 Å². The number of benzene rings is 1. The van der Waals surface area contributed by atoms with Gasteiger partial charge in [0.25, 0.3) is 5.91 Å². The molecule has 3 N–H and O–H groups in total. The van der Waals surface area contributed by atoms with Crippen molar-refractivity contribution in [3.05, 3.63) is 42.0 Å². The lowest BCUT2D eigenvalue weighted by molar-refractivity contribution is 0.0636. The lowest BCUT2D eigenvalue weighted by Gasteiger charge is -2.19. The highest BCUT2D eigenvalue weighted by atomic mass is 32.1. The Bertz CT molecular complexity index is 735. The van der Waals surface area contributed by atoms with E-state index in [0.717, 1.165) is 10.4 Å². The van der Waals surface area contributed by atoms with Crippen LogP contribution in [-0.2, 0) is 4.74 Å². The molecule has 2 aromatic rings. The molecule has 134 valence electrons. The van der Waals surface area contributed by atoms with Crippen LogP contribution >= 0.6 is 11.3 Å². The third kappa shape index (κ3) is 5.58. The number of anilines is 1.